The first-order chi connectivity index (χ1) is 21.4. The first-order valence-electron chi connectivity index (χ1n) is 14.8. The Morgan fingerprint density at radius 3 is 2.27 bits per heavy atom. The molecule has 6 nitrogen and oxygen atoms in total. The Morgan fingerprint density at radius 1 is 0.909 bits per heavy atom. The standard InChI is InChI=1S/C37H35ClN2O4/c1-3-44-37(43)35-25(2)40(34(41)23-31(35)30-19-10-11-20-32(30)38)24-27-15-12-18-29(21-27)36(42)39-33(28-16-8-5-9-17-28)22-26-13-6-4-7-14-26/h4-21,31,33H,3,22-24H2,1-2H3,(H,39,42). The van der Waals surface area contributed by atoms with Gasteiger partial charge in [-0.15, -0.1) is 0 Å². The van der Waals surface area contributed by atoms with E-state index < -0.39 is 11.9 Å². The summed E-state index contributed by atoms with van der Waals surface area (Å²) in [4.78, 5) is 41.9. The Bertz CT molecular complexity index is 1670. The highest BCUT2D eigenvalue weighted by Gasteiger charge is 2.37. The van der Waals surface area contributed by atoms with Crippen LogP contribution in [0.15, 0.2) is 120 Å². The van der Waals surface area contributed by atoms with Gasteiger partial charge in [0.05, 0.1) is 24.8 Å². The molecule has 5 rings (SSSR count). The van der Waals surface area contributed by atoms with E-state index in [2.05, 4.69) is 17.4 Å². The van der Waals surface area contributed by atoms with Crippen molar-refractivity contribution in [1.82, 2.24) is 10.2 Å². The summed E-state index contributed by atoms with van der Waals surface area (Å²) in [5.41, 5.74) is 5.04. The highest BCUT2D eigenvalue weighted by Crippen LogP contribution is 2.40. The van der Waals surface area contributed by atoms with Crippen molar-refractivity contribution in [1.29, 1.82) is 0 Å². The van der Waals surface area contributed by atoms with Gasteiger partial charge < -0.3 is 15.0 Å². The van der Waals surface area contributed by atoms with Crippen molar-refractivity contribution in [3.05, 3.63) is 153 Å². The van der Waals surface area contributed by atoms with Crippen molar-refractivity contribution in [2.24, 2.45) is 0 Å². The molecule has 1 heterocycles. The van der Waals surface area contributed by atoms with E-state index in [0.717, 1.165) is 16.7 Å². The van der Waals surface area contributed by atoms with Gasteiger partial charge in [-0.1, -0.05) is 103 Å². The predicted octanol–water partition coefficient (Wildman–Crippen LogP) is 7.41. The molecule has 4 aromatic carbocycles. The number of allylic oxidation sites excluding steroid dienone is 1. The fraction of sp³-hybridized carbons (Fsp3) is 0.216. The van der Waals surface area contributed by atoms with Crippen molar-refractivity contribution in [3.8, 4) is 0 Å². The minimum absolute atomic E-state index is 0.0770. The van der Waals surface area contributed by atoms with Gasteiger partial charge >= 0.3 is 5.97 Å². The zero-order chi connectivity index (χ0) is 31.1. The maximum atomic E-state index is 13.6. The highest BCUT2D eigenvalue weighted by molar-refractivity contribution is 6.31. The van der Waals surface area contributed by atoms with E-state index >= 15 is 0 Å². The zero-order valence-corrected chi connectivity index (χ0v) is 25.6. The molecule has 0 bridgehead atoms. The van der Waals surface area contributed by atoms with Crippen molar-refractivity contribution in [2.75, 3.05) is 6.61 Å². The monoisotopic (exact) mass is 606 g/mol. The summed E-state index contributed by atoms with van der Waals surface area (Å²) in [5, 5.41) is 3.70. The van der Waals surface area contributed by atoms with Crippen LogP contribution in [0.2, 0.25) is 5.02 Å². The molecule has 2 atom stereocenters. The highest BCUT2D eigenvalue weighted by atomic mass is 35.5. The van der Waals surface area contributed by atoms with Crippen molar-refractivity contribution >= 4 is 29.4 Å². The topological polar surface area (TPSA) is 75.7 Å². The minimum Gasteiger partial charge on any atom is -0.463 e. The van der Waals surface area contributed by atoms with Crippen molar-refractivity contribution in [2.45, 2.75) is 45.2 Å². The van der Waals surface area contributed by atoms with Crippen molar-refractivity contribution < 1.29 is 19.1 Å². The number of halogens is 1. The molecule has 44 heavy (non-hydrogen) atoms. The molecular formula is C37H35ClN2O4. The number of benzene rings is 4. The number of carbonyl (C=O) groups is 3. The number of esters is 1. The smallest absolute Gasteiger partial charge is 0.336 e. The van der Waals surface area contributed by atoms with E-state index in [1.54, 1.807) is 36.9 Å². The average molecular weight is 607 g/mol. The van der Waals surface area contributed by atoms with Crippen LogP contribution in [0.1, 0.15) is 64.8 Å². The lowest BCUT2D eigenvalue weighted by Crippen LogP contribution is -2.38. The zero-order valence-electron chi connectivity index (χ0n) is 24.8. The van der Waals surface area contributed by atoms with Gasteiger partial charge in [0.15, 0.2) is 0 Å². The largest absolute Gasteiger partial charge is 0.463 e. The summed E-state index contributed by atoms with van der Waals surface area (Å²) in [6.07, 6.45) is 0.722. The molecule has 0 saturated carbocycles. The van der Waals surface area contributed by atoms with Gasteiger partial charge in [-0.05, 0) is 60.7 Å². The average Bonchev–Trinajstić information content (AvgIpc) is 3.04. The maximum absolute atomic E-state index is 13.6. The van der Waals surface area contributed by atoms with Gasteiger partial charge in [0.1, 0.15) is 0 Å². The third-order valence-corrected chi connectivity index (χ3v) is 8.26. The molecule has 1 N–H and O–H groups in total. The molecule has 0 radical (unpaired) electrons. The number of hydrogen-bond acceptors (Lipinski definition) is 4. The lowest BCUT2D eigenvalue weighted by Gasteiger charge is -2.35. The Hall–Kier alpha value is -4.68. The second-order valence-corrected chi connectivity index (χ2v) is 11.2. The Kier molecular flexibility index (Phi) is 9.93. The lowest BCUT2D eigenvalue weighted by molar-refractivity contribution is -0.140. The first-order valence-corrected chi connectivity index (χ1v) is 15.1. The van der Waals surface area contributed by atoms with Crippen LogP contribution < -0.4 is 5.32 Å². The number of rotatable bonds is 10. The Morgan fingerprint density at radius 2 is 1.57 bits per heavy atom. The predicted molar refractivity (Wildman–Crippen MR) is 172 cm³/mol. The first kappa shape index (κ1) is 30.8. The minimum atomic E-state index is -0.511. The second kappa shape index (κ2) is 14.2. The molecule has 0 spiro atoms. The number of amides is 2. The van der Waals surface area contributed by atoms with Gasteiger partial charge in [0.2, 0.25) is 5.91 Å². The summed E-state index contributed by atoms with van der Waals surface area (Å²) in [6, 6.07) is 34.2. The molecular weight excluding hydrogens is 572 g/mol. The van der Waals surface area contributed by atoms with Crippen LogP contribution in [0.25, 0.3) is 0 Å². The van der Waals surface area contributed by atoms with E-state index in [9.17, 15) is 14.4 Å². The van der Waals surface area contributed by atoms with Crippen LogP contribution in [0.4, 0.5) is 0 Å². The molecule has 2 amide bonds. The number of hydrogen-bond donors (Lipinski definition) is 1. The fourth-order valence-corrected chi connectivity index (χ4v) is 5.99. The quantitative estimate of drug-likeness (QED) is 0.191. The van der Waals surface area contributed by atoms with Crippen LogP contribution in [-0.4, -0.2) is 29.3 Å². The van der Waals surface area contributed by atoms with Crippen LogP contribution in [0.3, 0.4) is 0 Å². The maximum Gasteiger partial charge on any atom is 0.336 e. The third kappa shape index (κ3) is 7.09. The van der Waals surface area contributed by atoms with Gasteiger partial charge in [0, 0.05) is 28.6 Å². The van der Waals surface area contributed by atoms with Crippen LogP contribution in [0.5, 0.6) is 0 Å². The van der Waals surface area contributed by atoms with E-state index in [4.69, 9.17) is 16.3 Å². The molecule has 0 aromatic heterocycles. The SMILES string of the molecule is CCOC(=O)C1=C(C)N(Cc2cccc(C(=O)NC(Cc3ccccc3)c3ccccc3)c2)C(=O)CC1c1ccccc1Cl. The molecule has 4 aromatic rings. The molecule has 1 aliphatic heterocycles. The van der Waals surface area contributed by atoms with E-state index in [1.807, 2.05) is 78.9 Å². The molecule has 224 valence electrons. The van der Waals surface area contributed by atoms with E-state index in [-0.39, 0.29) is 37.4 Å². The summed E-state index contributed by atoms with van der Waals surface area (Å²) in [6.45, 7) is 3.93. The summed E-state index contributed by atoms with van der Waals surface area (Å²) >= 11 is 6.50. The summed E-state index contributed by atoms with van der Waals surface area (Å²) in [5.74, 6) is -1.32. The van der Waals surface area contributed by atoms with Gasteiger partial charge in [-0.25, -0.2) is 4.79 Å². The normalized spacial score (nSPS) is 15.6. The van der Waals surface area contributed by atoms with Gasteiger partial charge in [-0.2, -0.15) is 0 Å². The molecule has 0 aliphatic carbocycles. The second-order valence-electron chi connectivity index (χ2n) is 10.8. The fourth-order valence-electron chi connectivity index (χ4n) is 5.72. The summed E-state index contributed by atoms with van der Waals surface area (Å²) in [7, 11) is 0. The Labute approximate surface area is 263 Å². The molecule has 0 fully saturated rings. The molecule has 7 heteroatoms. The third-order valence-electron chi connectivity index (χ3n) is 7.92. The molecule has 2 unspecified atom stereocenters. The van der Waals surface area contributed by atoms with E-state index in [0.29, 0.717) is 33.8 Å². The number of nitrogens with zero attached hydrogens (tertiary/aromatic N) is 1. The number of nitrogens with one attached hydrogen (secondary N) is 1. The molecule has 0 saturated heterocycles. The van der Waals surface area contributed by atoms with E-state index in [1.165, 1.54) is 0 Å². The van der Waals surface area contributed by atoms with Gasteiger partial charge in [-0.3, -0.25) is 9.59 Å². The van der Waals surface area contributed by atoms with Crippen molar-refractivity contribution in [3.63, 3.8) is 0 Å². The summed E-state index contributed by atoms with van der Waals surface area (Å²) < 4.78 is 5.41. The van der Waals surface area contributed by atoms with Crippen LogP contribution in [0, 0.1) is 0 Å². The Balaban J connectivity index is 1.40. The molecule has 1 aliphatic rings. The van der Waals surface area contributed by atoms with Crippen LogP contribution >= 0.6 is 11.6 Å². The number of carbonyl (C=O) groups excluding carboxylic acids is 3. The number of ether oxygens (including phenoxy) is 1. The lowest BCUT2D eigenvalue weighted by atomic mass is 9.83. The van der Waals surface area contributed by atoms with Gasteiger partial charge in [0.25, 0.3) is 5.91 Å². The van der Waals surface area contributed by atoms with Crippen LogP contribution in [-0.2, 0) is 27.3 Å².